The van der Waals surface area contributed by atoms with Crippen molar-refractivity contribution in [3.8, 4) is 5.75 Å². The van der Waals surface area contributed by atoms with E-state index < -0.39 is 0 Å². The number of hydrogen-bond donors (Lipinski definition) is 0. The molecule has 0 N–H and O–H groups in total. The molecule has 1 aliphatic rings. The van der Waals surface area contributed by atoms with Gasteiger partial charge in [0.1, 0.15) is 0 Å². The third-order valence-corrected chi connectivity index (χ3v) is 4.25. The van der Waals surface area contributed by atoms with E-state index >= 15 is 0 Å². The molecular formula is C12H19BrN2O. The Labute approximate surface area is 105 Å². The third kappa shape index (κ3) is 2.42. The summed E-state index contributed by atoms with van der Waals surface area (Å²) in [6.07, 6.45) is 8.18. The van der Waals surface area contributed by atoms with Gasteiger partial charge in [0.05, 0.1) is 19.0 Å². The molecule has 1 aromatic rings. The lowest BCUT2D eigenvalue weighted by molar-refractivity contribution is 0.398. The average molecular weight is 287 g/mol. The van der Waals surface area contributed by atoms with Gasteiger partial charge in [-0.25, -0.2) is 0 Å². The highest BCUT2D eigenvalue weighted by molar-refractivity contribution is 9.09. The minimum absolute atomic E-state index is 0.578. The lowest BCUT2D eigenvalue weighted by Gasteiger charge is -2.17. The highest BCUT2D eigenvalue weighted by Crippen LogP contribution is 2.38. The van der Waals surface area contributed by atoms with Gasteiger partial charge in [-0.3, -0.25) is 4.68 Å². The van der Waals surface area contributed by atoms with Crippen LogP contribution < -0.4 is 4.74 Å². The second-order valence-corrected chi connectivity index (χ2v) is 5.83. The topological polar surface area (TPSA) is 27.1 Å². The van der Waals surface area contributed by atoms with Gasteiger partial charge in [-0.1, -0.05) is 28.8 Å². The smallest absolute Gasteiger partial charge is 0.160 e. The van der Waals surface area contributed by atoms with Crippen LogP contribution in [0.5, 0.6) is 5.75 Å². The van der Waals surface area contributed by atoms with Gasteiger partial charge < -0.3 is 4.74 Å². The van der Waals surface area contributed by atoms with Crippen LogP contribution in [0.1, 0.15) is 43.7 Å². The van der Waals surface area contributed by atoms with Gasteiger partial charge >= 0.3 is 0 Å². The quantitative estimate of drug-likeness (QED) is 0.617. The number of rotatable bonds is 2. The van der Waals surface area contributed by atoms with Crippen molar-refractivity contribution >= 4 is 15.9 Å². The minimum atomic E-state index is 0.578. The summed E-state index contributed by atoms with van der Waals surface area (Å²) in [4.78, 5) is 0.639. The predicted molar refractivity (Wildman–Crippen MR) is 68.3 cm³/mol. The first-order chi connectivity index (χ1) is 7.72. The van der Waals surface area contributed by atoms with Crippen LogP contribution >= 0.6 is 15.9 Å². The summed E-state index contributed by atoms with van der Waals surface area (Å²) in [5, 5.41) is 4.29. The fourth-order valence-electron chi connectivity index (χ4n) is 2.60. The summed E-state index contributed by atoms with van der Waals surface area (Å²) in [5.41, 5.74) is 1.26. The second kappa shape index (κ2) is 5.21. The molecule has 1 fully saturated rings. The molecular weight excluding hydrogens is 268 g/mol. The molecule has 16 heavy (non-hydrogen) atoms. The van der Waals surface area contributed by atoms with E-state index in [9.17, 15) is 0 Å². The van der Waals surface area contributed by atoms with Crippen LogP contribution in [-0.4, -0.2) is 21.7 Å². The van der Waals surface area contributed by atoms with E-state index in [1.165, 1.54) is 37.8 Å². The Balaban J connectivity index is 2.23. The van der Waals surface area contributed by atoms with Crippen molar-refractivity contribution in [2.24, 2.45) is 7.05 Å². The Morgan fingerprint density at radius 2 is 2.19 bits per heavy atom. The third-order valence-electron chi connectivity index (χ3n) is 3.42. The van der Waals surface area contributed by atoms with E-state index in [0.29, 0.717) is 10.7 Å². The fraction of sp³-hybridized carbons (Fsp3) is 0.750. The summed E-state index contributed by atoms with van der Waals surface area (Å²) in [7, 11) is 3.73. The van der Waals surface area contributed by atoms with Crippen LogP contribution in [0.15, 0.2) is 6.20 Å². The number of alkyl halides is 1. The van der Waals surface area contributed by atoms with Crippen molar-refractivity contribution in [2.75, 3.05) is 7.11 Å². The van der Waals surface area contributed by atoms with Crippen molar-refractivity contribution in [3.05, 3.63) is 11.9 Å². The number of ether oxygens (including phenoxy) is 1. The SMILES string of the molecule is COc1cnn(C)c1C1CCCCC(Br)C1. The summed E-state index contributed by atoms with van der Waals surface area (Å²) >= 11 is 3.76. The predicted octanol–water partition coefficient (Wildman–Crippen LogP) is 3.24. The molecule has 0 aromatic carbocycles. The number of methoxy groups -OCH3 is 1. The number of aromatic nitrogens is 2. The van der Waals surface area contributed by atoms with Gasteiger partial charge in [0, 0.05) is 17.8 Å². The summed E-state index contributed by atoms with van der Waals surface area (Å²) < 4.78 is 7.36. The van der Waals surface area contributed by atoms with E-state index in [4.69, 9.17) is 4.74 Å². The zero-order valence-electron chi connectivity index (χ0n) is 9.95. The first-order valence-electron chi connectivity index (χ1n) is 5.92. The largest absolute Gasteiger partial charge is 0.493 e. The average Bonchev–Trinajstić information content (AvgIpc) is 2.50. The molecule has 0 spiro atoms. The molecule has 3 nitrogen and oxygen atoms in total. The van der Waals surface area contributed by atoms with Crippen molar-refractivity contribution in [1.29, 1.82) is 0 Å². The molecule has 2 atom stereocenters. The first kappa shape index (κ1) is 12.0. The monoisotopic (exact) mass is 286 g/mol. The Morgan fingerprint density at radius 3 is 2.94 bits per heavy atom. The second-order valence-electron chi connectivity index (χ2n) is 4.54. The van der Waals surface area contributed by atoms with Crippen LogP contribution in [0.2, 0.25) is 0 Å². The molecule has 0 bridgehead atoms. The molecule has 90 valence electrons. The molecule has 0 radical (unpaired) electrons. The highest BCUT2D eigenvalue weighted by Gasteiger charge is 2.25. The van der Waals surface area contributed by atoms with Crippen molar-refractivity contribution in [3.63, 3.8) is 0 Å². The lowest BCUT2D eigenvalue weighted by atomic mass is 9.96. The Kier molecular flexibility index (Phi) is 3.90. The van der Waals surface area contributed by atoms with Gasteiger partial charge in [0.25, 0.3) is 0 Å². The summed E-state index contributed by atoms with van der Waals surface area (Å²) in [6.45, 7) is 0. The maximum absolute atomic E-state index is 5.40. The zero-order chi connectivity index (χ0) is 11.5. The normalized spacial score (nSPS) is 26.4. The van der Waals surface area contributed by atoms with Crippen LogP contribution in [-0.2, 0) is 7.05 Å². The fourth-order valence-corrected chi connectivity index (χ4v) is 3.37. The molecule has 0 aliphatic heterocycles. The molecule has 1 saturated carbocycles. The number of aryl methyl sites for hydroxylation is 1. The standard InChI is InChI=1S/C12H19BrN2O/c1-15-12(11(16-2)8-14-15)9-5-3-4-6-10(13)7-9/h8-10H,3-7H2,1-2H3. The maximum atomic E-state index is 5.40. The van der Waals surface area contributed by atoms with Crippen LogP contribution in [0.4, 0.5) is 0 Å². The van der Waals surface area contributed by atoms with Gasteiger partial charge in [0.15, 0.2) is 5.75 Å². The Hall–Kier alpha value is -0.510. The minimum Gasteiger partial charge on any atom is -0.493 e. The van der Waals surface area contributed by atoms with Gasteiger partial charge in [0.2, 0.25) is 0 Å². The van der Waals surface area contributed by atoms with E-state index in [-0.39, 0.29) is 0 Å². The van der Waals surface area contributed by atoms with Gasteiger partial charge in [-0.15, -0.1) is 0 Å². The van der Waals surface area contributed by atoms with Crippen LogP contribution in [0, 0.1) is 0 Å². The maximum Gasteiger partial charge on any atom is 0.160 e. The van der Waals surface area contributed by atoms with Crippen molar-refractivity contribution in [2.45, 2.75) is 42.8 Å². The van der Waals surface area contributed by atoms with Crippen LogP contribution in [0.3, 0.4) is 0 Å². The van der Waals surface area contributed by atoms with Crippen molar-refractivity contribution in [1.82, 2.24) is 9.78 Å². The highest BCUT2D eigenvalue weighted by atomic mass is 79.9. The van der Waals surface area contributed by atoms with Gasteiger partial charge in [-0.2, -0.15) is 5.10 Å². The molecule has 1 aliphatic carbocycles. The van der Waals surface area contributed by atoms with E-state index in [0.717, 1.165) is 5.75 Å². The van der Waals surface area contributed by atoms with E-state index in [2.05, 4.69) is 21.0 Å². The zero-order valence-corrected chi connectivity index (χ0v) is 11.5. The molecule has 2 rings (SSSR count). The Morgan fingerprint density at radius 1 is 1.44 bits per heavy atom. The van der Waals surface area contributed by atoms with E-state index in [1.807, 2.05) is 17.9 Å². The van der Waals surface area contributed by atoms with Crippen LogP contribution in [0.25, 0.3) is 0 Å². The molecule has 1 aromatic heterocycles. The summed E-state index contributed by atoms with van der Waals surface area (Å²) in [5.74, 6) is 1.52. The lowest BCUT2D eigenvalue weighted by Crippen LogP contribution is -2.10. The molecule has 0 saturated heterocycles. The Bertz CT molecular complexity index is 351. The molecule has 0 amide bonds. The van der Waals surface area contributed by atoms with Crippen molar-refractivity contribution < 1.29 is 4.74 Å². The number of nitrogens with zero attached hydrogens (tertiary/aromatic N) is 2. The number of hydrogen-bond acceptors (Lipinski definition) is 2. The molecule has 2 unspecified atom stereocenters. The molecule has 1 heterocycles. The first-order valence-corrected chi connectivity index (χ1v) is 6.84. The summed E-state index contributed by atoms with van der Waals surface area (Å²) in [6, 6.07) is 0. The van der Waals surface area contributed by atoms with Gasteiger partial charge in [-0.05, 0) is 19.3 Å². The molecule has 4 heteroatoms. The van der Waals surface area contributed by atoms with E-state index in [1.54, 1.807) is 7.11 Å². The number of halogens is 1.